The van der Waals surface area contributed by atoms with Crippen molar-refractivity contribution in [3.63, 3.8) is 0 Å². The molecule has 2 nitrogen and oxygen atoms in total. The molecule has 1 unspecified atom stereocenters. The Balaban J connectivity index is 2.40. The van der Waals surface area contributed by atoms with Crippen LogP contribution in [0.15, 0.2) is 24.3 Å². The van der Waals surface area contributed by atoms with Gasteiger partial charge in [0.25, 0.3) is 0 Å². The van der Waals surface area contributed by atoms with E-state index in [1.165, 1.54) is 18.4 Å². The molecule has 1 heterocycles. The lowest BCUT2D eigenvalue weighted by molar-refractivity contribution is 0.160. The Bertz CT molecular complexity index is 400. The van der Waals surface area contributed by atoms with E-state index in [1.54, 1.807) is 0 Å². The number of rotatable bonds is 3. The van der Waals surface area contributed by atoms with Crippen molar-refractivity contribution in [2.75, 3.05) is 13.2 Å². The van der Waals surface area contributed by atoms with Gasteiger partial charge in [0.15, 0.2) is 0 Å². The molecule has 1 aliphatic rings. The van der Waals surface area contributed by atoms with Gasteiger partial charge in [0, 0.05) is 5.54 Å². The molecule has 2 rings (SSSR count). The van der Waals surface area contributed by atoms with E-state index in [0.717, 1.165) is 18.9 Å². The van der Waals surface area contributed by atoms with Crippen molar-refractivity contribution in [1.82, 2.24) is 5.32 Å². The minimum Gasteiger partial charge on any atom is -0.494 e. The average molecular weight is 247 g/mol. The predicted octanol–water partition coefficient (Wildman–Crippen LogP) is 3.71. The summed E-state index contributed by atoms with van der Waals surface area (Å²) < 4.78 is 5.64. The highest BCUT2D eigenvalue weighted by Gasteiger charge is 2.45. The van der Waals surface area contributed by atoms with Gasteiger partial charge < -0.3 is 10.1 Å². The molecule has 1 atom stereocenters. The minimum absolute atomic E-state index is 0.0834. The van der Waals surface area contributed by atoms with Crippen molar-refractivity contribution in [2.24, 2.45) is 5.41 Å². The van der Waals surface area contributed by atoms with Crippen molar-refractivity contribution in [3.8, 4) is 5.75 Å². The van der Waals surface area contributed by atoms with Crippen molar-refractivity contribution < 1.29 is 4.74 Å². The summed E-state index contributed by atoms with van der Waals surface area (Å²) in [6.45, 7) is 10.8. The Morgan fingerprint density at radius 3 is 2.67 bits per heavy atom. The molecule has 0 bridgehead atoms. The van der Waals surface area contributed by atoms with Crippen molar-refractivity contribution in [1.29, 1.82) is 0 Å². The highest BCUT2D eigenvalue weighted by atomic mass is 16.5. The highest BCUT2D eigenvalue weighted by Crippen LogP contribution is 2.46. The summed E-state index contributed by atoms with van der Waals surface area (Å²) in [6, 6.07) is 8.57. The molecule has 0 aromatic heterocycles. The molecule has 0 radical (unpaired) electrons. The quantitative estimate of drug-likeness (QED) is 0.879. The van der Waals surface area contributed by atoms with Gasteiger partial charge in [-0.05, 0) is 49.4 Å². The standard InChI is InChI=1S/C16H25NO/c1-5-18-14-9-6-8-13(12-14)16(15(2,3)4)10-7-11-17-16/h6,8-9,12,17H,5,7,10-11H2,1-4H3. The van der Waals surface area contributed by atoms with Gasteiger partial charge in [-0.1, -0.05) is 32.9 Å². The van der Waals surface area contributed by atoms with Crippen LogP contribution in [0.4, 0.5) is 0 Å². The summed E-state index contributed by atoms with van der Waals surface area (Å²) in [5, 5.41) is 3.74. The van der Waals surface area contributed by atoms with E-state index in [9.17, 15) is 0 Å². The summed E-state index contributed by atoms with van der Waals surface area (Å²) >= 11 is 0. The lowest BCUT2D eigenvalue weighted by Gasteiger charge is -2.43. The maximum Gasteiger partial charge on any atom is 0.119 e. The van der Waals surface area contributed by atoms with Gasteiger partial charge >= 0.3 is 0 Å². The molecule has 0 amide bonds. The van der Waals surface area contributed by atoms with Gasteiger partial charge in [-0.3, -0.25) is 0 Å². The first-order valence-electron chi connectivity index (χ1n) is 6.98. The molecule has 1 aliphatic heterocycles. The van der Waals surface area contributed by atoms with Gasteiger partial charge in [0.1, 0.15) is 5.75 Å². The number of hydrogen-bond donors (Lipinski definition) is 1. The van der Waals surface area contributed by atoms with E-state index in [-0.39, 0.29) is 11.0 Å². The Hall–Kier alpha value is -1.02. The zero-order valence-electron chi connectivity index (χ0n) is 12.0. The Labute approximate surface area is 111 Å². The van der Waals surface area contributed by atoms with E-state index in [0.29, 0.717) is 0 Å². The second-order valence-corrected chi connectivity index (χ2v) is 6.15. The Morgan fingerprint density at radius 1 is 1.33 bits per heavy atom. The van der Waals surface area contributed by atoms with E-state index in [1.807, 2.05) is 13.0 Å². The zero-order chi connectivity index (χ0) is 13.2. The monoisotopic (exact) mass is 247 g/mol. The smallest absolute Gasteiger partial charge is 0.119 e. The Kier molecular flexibility index (Phi) is 3.67. The molecular formula is C16H25NO. The van der Waals surface area contributed by atoms with Gasteiger partial charge in [-0.2, -0.15) is 0 Å². The van der Waals surface area contributed by atoms with E-state index < -0.39 is 0 Å². The first-order chi connectivity index (χ1) is 8.49. The fourth-order valence-electron chi connectivity index (χ4n) is 3.08. The van der Waals surface area contributed by atoms with Crippen LogP contribution in [0.25, 0.3) is 0 Å². The predicted molar refractivity (Wildman–Crippen MR) is 76.0 cm³/mol. The number of ether oxygens (including phenoxy) is 1. The lowest BCUT2D eigenvalue weighted by atomic mass is 9.68. The fourth-order valence-corrected chi connectivity index (χ4v) is 3.08. The third-order valence-corrected chi connectivity index (χ3v) is 4.07. The molecule has 1 fully saturated rings. The van der Waals surface area contributed by atoms with Crippen molar-refractivity contribution in [3.05, 3.63) is 29.8 Å². The maximum absolute atomic E-state index is 5.64. The van der Waals surface area contributed by atoms with Gasteiger partial charge in [0.05, 0.1) is 6.61 Å². The molecule has 100 valence electrons. The molecule has 18 heavy (non-hydrogen) atoms. The van der Waals surface area contributed by atoms with Crippen LogP contribution in [-0.2, 0) is 5.54 Å². The minimum atomic E-state index is 0.0834. The highest BCUT2D eigenvalue weighted by molar-refractivity contribution is 5.35. The molecule has 1 aromatic carbocycles. The van der Waals surface area contributed by atoms with E-state index in [4.69, 9.17) is 4.74 Å². The summed E-state index contributed by atoms with van der Waals surface area (Å²) in [6.07, 6.45) is 2.45. The molecule has 1 aromatic rings. The molecule has 1 saturated heterocycles. The topological polar surface area (TPSA) is 21.3 Å². The second kappa shape index (κ2) is 4.93. The molecule has 0 spiro atoms. The maximum atomic E-state index is 5.64. The molecule has 2 heteroatoms. The van der Waals surface area contributed by atoms with Crippen LogP contribution in [-0.4, -0.2) is 13.2 Å². The lowest BCUT2D eigenvalue weighted by Crippen LogP contribution is -2.48. The summed E-state index contributed by atoms with van der Waals surface area (Å²) in [4.78, 5) is 0. The van der Waals surface area contributed by atoms with E-state index >= 15 is 0 Å². The average Bonchev–Trinajstić information content (AvgIpc) is 2.79. The molecule has 0 aliphatic carbocycles. The van der Waals surface area contributed by atoms with Crippen LogP contribution in [0, 0.1) is 5.41 Å². The first-order valence-corrected chi connectivity index (χ1v) is 6.98. The normalized spacial score (nSPS) is 24.2. The summed E-state index contributed by atoms with van der Waals surface area (Å²) in [5.74, 6) is 0.979. The second-order valence-electron chi connectivity index (χ2n) is 6.15. The van der Waals surface area contributed by atoms with Crippen LogP contribution in [0.5, 0.6) is 5.75 Å². The van der Waals surface area contributed by atoms with Gasteiger partial charge in [-0.25, -0.2) is 0 Å². The van der Waals surface area contributed by atoms with Crippen molar-refractivity contribution in [2.45, 2.75) is 46.1 Å². The summed E-state index contributed by atoms with van der Waals surface area (Å²) in [5.41, 5.74) is 1.65. The third kappa shape index (κ3) is 2.26. The summed E-state index contributed by atoms with van der Waals surface area (Å²) in [7, 11) is 0. The zero-order valence-corrected chi connectivity index (χ0v) is 12.0. The van der Waals surface area contributed by atoms with Crippen LogP contribution in [0.3, 0.4) is 0 Å². The third-order valence-electron chi connectivity index (χ3n) is 4.07. The number of hydrogen-bond acceptors (Lipinski definition) is 2. The van der Waals surface area contributed by atoms with Gasteiger partial charge in [0.2, 0.25) is 0 Å². The van der Waals surface area contributed by atoms with Crippen molar-refractivity contribution >= 4 is 0 Å². The first kappa shape index (κ1) is 13.4. The van der Waals surface area contributed by atoms with Gasteiger partial charge in [-0.15, -0.1) is 0 Å². The van der Waals surface area contributed by atoms with E-state index in [2.05, 4.69) is 44.3 Å². The molecule has 0 saturated carbocycles. The Morgan fingerprint density at radius 2 is 2.11 bits per heavy atom. The SMILES string of the molecule is CCOc1cccc(C2(C(C)(C)C)CCCN2)c1. The fraction of sp³-hybridized carbons (Fsp3) is 0.625. The number of nitrogens with one attached hydrogen (secondary N) is 1. The largest absolute Gasteiger partial charge is 0.494 e. The molecule has 1 N–H and O–H groups in total. The van der Waals surface area contributed by atoms with Crippen LogP contribution >= 0.6 is 0 Å². The number of benzene rings is 1. The van der Waals surface area contributed by atoms with Crippen LogP contribution in [0.2, 0.25) is 0 Å². The molecular weight excluding hydrogens is 222 g/mol. The van der Waals surface area contributed by atoms with Crippen LogP contribution < -0.4 is 10.1 Å². The van der Waals surface area contributed by atoms with Crippen LogP contribution in [0.1, 0.15) is 46.1 Å².